The Labute approximate surface area is 203 Å². The van der Waals surface area contributed by atoms with Crippen LogP contribution in [0.5, 0.6) is 0 Å². The molecule has 1 atom stereocenters. The van der Waals surface area contributed by atoms with Gasteiger partial charge in [0.15, 0.2) is 0 Å². The Morgan fingerprint density at radius 1 is 1.03 bits per heavy atom. The number of carboxylic acids is 1. The van der Waals surface area contributed by atoms with Crippen LogP contribution in [0.2, 0.25) is 0 Å². The van der Waals surface area contributed by atoms with E-state index in [-0.39, 0.29) is 38.0 Å². The average Bonchev–Trinajstić information content (AvgIpc) is 3.13. The second kappa shape index (κ2) is 11.8. The van der Waals surface area contributed by atoms with Gasteiger partial charge in [-0.3, -0.25) is 9.59 Å². The van der Waals surface area contributed by atoms with Crippen molar-refractivity contribution >= 4 is 18.0 Å². The SMILES string of the molecule is CC(C)N(CCCC(=O)O)C(=O)CC(NC(=O)OCC1c2ccccc2-c2ccccc21)C(F)F. The van der Waals surface area contributed by atoms with E-state index in [4.69, 9.17) is 9.84 Å². The Hall–Kier alpha value is -3.49. The van der Waals surface area contributed by atoms with E-state index >= 15 is 0 Å². The van der Waals surface area contributed by atoms with E-state index in [0.29, 0.717) is 0 Å². The highest BCUT2D eigenvalue weighted by molar-refractivity contribution is 5.80. The first-order chi connectivity index (χ1) is 16.7. The number of nitrogens with zero attached hydrogens (tertiary/aromatic N) is 1. The highest BCUT2D eigenvalue weighted by Gasteiger charge is 2.31. The molecule has 2 aromatic rings. The second-order valence-electron chi connectivity index (χ2n) is 8.79. The summed E-state index contributed by atoms with van der Waals surface area (Å²) in [5.41, 5.74) is 4.08. The normalized spacial score (nSPS) is 13.3. The lowest BCUT2D eigenvalue weighted by molar-refractivity contribution is -0.139. The van der Waals surface area contributed by atoms with Crippen molar-refractivity contribution in [2.45, 2.75) is 57.5 Å². The highest BCUT2D eigenvalue weighted by atomic mass is 19.3. The van der Waals surface area contributed by atoms with Crippen molar-refractivity contribution in [3.63, 3.8) is 0 Å². The summed E-state index contributed by atoms with van der Waals surface area (Å²) >= 11 is 0. The third-order valence-electron chi connectivity index (χ3n) is 6.08. The lowest BCUT2D eigenvalue weighted by Gasteiger charge is -2.28. The number of ether oxygens (including phenoxy) is 1. The van der Waals surface area contributed by atoms with Crippen LogP contribution in [0, 0.1) is 0 Å². The molecule has 0 radical (unpaired) electrons. The number of hydrogen-bond acceptors (Lipinski definition) is 4. The van der Waals surface area contributed by atoms with Crippen molar-refractivity contribution in [2.24, 2.45) is 0 Å². The predicted octanol–water partition coefficient (Wildman–Crippen LogP) is 4.65. The lowest BCUT2D eigenvalue weighted by atomic mass is 9.98. The Morgan fingerprint density at radius 2 is 1.60 bits per heavy atom. The number of rotatable bonds is 11. The number of halogens is 2. The third kappa shape index (κ3) is 6.55. The van der Waals surface area contributed by atoms with Crippen LogP contribution >= 0.6 is 0 Å². The monoisotopic (exact) mass is 488 g/mol. The fourth-order valence-corrected chi connectivity index (χ4v) is 4.37. The van der Waals surface area contributed by atoms with E-state index in [1.807, 2.05) is 48.5 Å². The number of alkyl halides is 2. The molecule has 2 amide bonds. The third-order valence-corrected chi connectivity index (χ3v) is 6.08. The van der Waals surface area contributed by atoms with Gasteiger partial charge in [-0.1, -0.05) is 48.5 Å². The van der Waals surface area contributed by atoms with E-state index in [1.54, 1.807) is 13.8 Å². The van der Waals surface area contributed by atoms with Crippen molar-refractivity contribution in [1.82, 2.24) is 10.2 Å². The minimum atomic E-state index is -2.98. The molecule has 0 aromatic heterocycles. The number of alkyl carbamates (subject to hydrolysis) is 1. The largest absolute Gasteiger partial charge is 0.481 e. The fraction of sp³-hybridized carbons (Fsp3) is 0.423. The van der Waals surface area contributed by atoms with Gasteiger partial charge in [0.2, 0.25) is 5.91 Å². The van der Waals surface area contributed by atoms with E-state index < -0.39 is 36.9 Å². The van der Waals surface area contributed by atoms with E-state index in [1.165, 1.54) is 4.90 Å². The number of carboxylic acid groups (broad SMARTS) is 1. The van der Waals surface area contributed by atoms with Gasteiger partial charge in [-0.25, -0.2) is 13.6 Å². The first-order valence-corrected chi connectivity index (χ1v) is 11.6. The zero-order valence-corrected chi connectivity index (χ0v) is 19.7. The number of fused-ring (bicyclic) bond motifs is 3. The fourth-order valence-electron chi connectivity index (χ4n) is 4.37. The molecule has 1 aliphatic rings. The molecule has 2 aromatic carbocycles. The summed E-state index contributed by atoms with van der Waals surface area (Å²) in [6.45, 7) is 3.53. The molecule has 0 heterocycles. The molecule has 0 saturated carbocycles. The minimum Gasteiger partial charge on any atom is -0.481 e. The smallest absolute Gasteiger partial charge is 0.407 e. The number of hydrogen-bond donors (Lipinski definition) is 2. The molecular weight excluding hydrogens is 458 g/mol. The van der Waals surface area contributed by atoms with Gasteiger partial charge in [0, 0.05) is 24.9 Å². The van der Waals surface area contributed by atoms with Gasteiger partial charge < -0.3 is 20.1 Å². The molecule has 0 spiro atoms. The maximum atomic E-state index is 13.7. The average molecular weight is 489 g/mol. The lowest BCUT2D eigenvalue weighted by Crippen LogP contribution is -2.46. The molecule has 7 nitrogen and oxygen atoms in total. The van der Waals surface area contributed by atoms with Gasteiger partial charge in [0.25, 0.3) is 6.43 Å². The first kappa shape index (κ1) is 26.1. The molecule has 0 fully saturated rings. The van der Waals surface area contributed by atoms with Crippen molar-refractivity contribution in [2.75, 3.05) is 13.2 Å². The number of amides is 2. The van der Waals surface area contributed by atoms with E-state index in [9.17, 15) is 23.2 Å². The van der Waals surface area contributed by atoms with Gasteiger partial charge in [-0.05, 0) is 42.5 Å². The summed E-state index contributed by atoms with van der Waals surface area (Å²) in [6, 6.07) is 13.5. The van der Waals surface area contributed by atoms with Crippen LogP contribution < -0.4 is 5.32 Å². The summed E-state index contributed by atoms with van der Waals surface area (Å²) in [6.07, 6.45) is -4.54. The molecule has 3 rings (SSSR count). The number of benzene rings is 2. The van der Waals surface area contributed by atoms with Gasteiger partial charge in [-0.15, -0.1) is 0 Å². The number of nitrogens with one attached hydrogen (secondary N) is 1. The number of carbonyl (C=O) groups excluding carboxylic acids is 2. The van der Waals surface area contributed by atoms with Crippen LogP contribution in [0.4, 0.5) is 13.6 Å². The van der Waals surface area contributed by atoms with Crippen molar-refractivity contribution in [3.05, 3.63) is 59.7 Å². The molecule has 0 saturated heterocycles. The Bertz CT molecular complexity index is 1010. The van der Waals surface area contributed by atoms with Crippen LogP contribution in [-0.4, -0.2) is 59.6 Å². The molecule has 35 heavy (non-hydrogen) atoms. The summed E-state index contributed by atoms with van der Waals surface area (Å²) < 4.78 is 32.6. The summed E-state index contributed by atoms with van der Waals surface area (Å²) in [5, 5.41) is 10.9. The van der Waals surface area contributed by atoms with E-state index in [2.05, 4.69) is 5.32 Å². The molecule has 1 unspecified atom stereocenters. The first-order valence-electron chi connectivity index (χ1n) is 11.6. The summed E-state index contributed by atoms with van der Waals surface area (Å²) in [4.78, 5) is 37.1. The van der Waals surface area contributed by atoms with Crippen molar-refractivity contribution < 1.29 is 33.0 Å². The molecule has 9 heteroatoms. The van der Waals surface area contributed by atoms with Crippen LogP contribution in [0.3, 0.4) is 0 Å². The topological polar surface area (TPSA) is 95.9 Å². The Morgan fingerprint density at radius 3 is 2.11 bits per heavy atom. The molecule has 188 valence electrons. The molecule has 1 aliphatic carbocycles. The number of carbonyl (C=O) groups is 3. The summed E-state index contributed by atoms with van der Waals surface area (Å²) in [7, 11) is 0. The number of aliphatic carboxylic acids is 1. The minimum absolute atomic E-state index is 0.0307. The zero-order chi connectivity index (χ0) is 25.5. The molecule has 0 aliphatic heterocycles. The van der Waals surface area contributed by atoms with Gasteiger partial charge in [-0.2, -0.15) is 0 Å². The van der Waals surface area contributed by atoms with Crippen LogP contribution in [-0.2, 0) is 14.3 Å². The molecular formula is C26H30F2N2O5. The van der Waals surface area contributed by atoms with Gasteiger partial charge in [0.05, 0.1) is 6.42 Å². The maximum Gasteiger partial charge on any atom is 0.407 e. The van der Waals surface area contributed by atoms with E-state index in [0.717, 1.165) is 22.3 Å². The zero-order valence-electron chi connectivity index (χ0n) is 19.7. The standard InChI is InChI=1S/C26H30F2N2O5/c1-16(2)30(13-7-12-24(32)33)23(31)14-22(25(27)28)29-26(34)35-15-21-19-10-5-3-8-17(19)18-9-4-6-11-20(18)21/h3-6,8-11,16,21-22,25H,7,12-15H2,1-2H3,(H,29,34)(H,32,33). The van der Waals surface area contributed by atoms with Gasteiger partial charge in [0.1, 0.15) is 12.6 Å². The van der Waals surface area contributed by atoms with Gasteiger partial charge >= 0.3 is 12.1 Å². The summed E-state index contributed by atoms with van der Waals surface area (Å²) in [5.74, 6) is -1.80. The van der Waals surface area contributed by atoms with Crippen LogP contribution in [0.1, 0.15) is 50.2 Å². The molecule has 0 bridgehead atoms. The highest BCUT2D eigenvalue weighted by Crippen LogP contribution is 2.44. The predicted molar refractivity (Wildman–Crippen MR) is 126 cm³/mol. The molecule has 2 N–H and O–H groups in total. The quantitative estimate of drug-likeness (QED) is 0.480. The Kier molecular flexibility index (Phi) is 8.78. The second-order valence-corrected chi connectivity index (χ2v) is 8.79. The Balaban J connectivity index is 1.60. The van der Waals surface area contributed by atoms with Crippen LogP contribution in [0.25, 0.3) is 11.1 Å². The van der Waals surface area contributed by atoms with Crippen molar-refractivity contribution in [1.29, 1.82) is 0 Å². The van der Waals surface area contributed by atoms with Crippen molar-refractivity contribution in [3.8, 4) is 11.1 Å². The van der Waals surface area contributed by atoms with Crippen LogP contribution in [0.15, 0.2) is 48.5 Å². The maximum absolute atomic E-state index is 13.7.